The molecule has 3 N–H and O–H groups in total. The summed E-state index contributed by atoms with van der Waals surface area (Å²) in [5.41, 5.74) is 5.30. The van der Waals surface area contributed by atoms with Crippen LogP contribution in [0.1, 0.15) is 45.1 Å². The first-order valence-corrected chi connectivity index (χ1v) is 6.80. The highest BCUT2D eigenvalue weighted by Gasteiger charge is 2.35. The van der Waals surface area contributed by atoms with Crippen molar-refractivity contribution in [3.05, 3.63) is 29.8 Å². The highest BCUT2D eigenvalue weighted by Crippen LogP contribution is 2.27. The van der Waals surface area contributed by atoms with Crippen LogP contribution in [-0.2, 0) is 10.3 Å². The Labute approximate surface area is 114 Å². The van der Waals surface area contributed by atoms with Gasteiger partial charge >= 0.3 is 5.97 Å². The standard InChI is InChI=1S/C15H23NO3/c1-3-5-10-19-13-8-6-7-12(11-13)15(16,9-4-2)14(17)18/h6-8,11H,3-5,9-10,16H2,1-2H3,(H,17,18)/t15-/m1/s1. The van der Waals surface area contributed by atoms with Gasteiger partial charge in [-0.25, -0.2) is 4.79 Å². The van der Waals surface area contributed by atoms with E-state index in [9.17, 15) is 9.90 Å². The Morgan fingerprint density at radius 3 is 2.68 bits per heavy atom. The van der Waals surface area contributed by atoms with E-state index < -0.39 is 11.5 Å². The van der Waals surface area contributed by atoms with E-state index in [2.05, 4.69) is 6.92 Å². The minimum Gasteiger partial charge on any atom is -0.494 e. The lowest BCUT2D eigenvalue weighted by Crippen LogP contribution is -2.44. The smallest absolute Gasteiger partial charge is 0.328 e. The molecule has 4 heteroatoms. The summed E-state index contributed by atoms with van der Waals surface area (Å²) in [6.45, 7) is 4.65. The molecule has 19 heavy (non-hydrogen) atoms. The van der Waals surface area contributed by atoms with E-state index in [4.69, 9.17) is 10.5 Å². The molecule has 1 rings (SSSR count). The average Bonchev–Trinajstić information content (AvgIpc) is 2.39. The van der Waals surface area contributed by atoms with Crippen LogP contribution in [0, 0.1) is 0 Å². The lowest BCUT2D eigenvalue weighted by atomic mass is 9.86. The molecule has 0 saturated carbocycles. The van der Waals surface area contributed by atoms with Crippen LogP contribution in [0.2, 0.25) is 0 Å². The molecule has 0 bridgehead atoms. The first kappa shape index (κ1) is 15.5. The molecule has 106 valence electrons. The molecule has 0 amide bonds. The lowest BCUT2D eigenvalue weighted by molar-refractivity contribution is -0.144. The molecule has 0 fully saturated rings. The normalized spacial score (nSPS) is 13.8. The predicted molar refractivity (Wildman–Crippen MR) is 75.3 cm³/mol. The van der Waals surface area contributed by atoms with E-state index in [1.807, 2.05) is 13.0 Å². The second kappa shape index (κ2) is 7.14. The minimum atomic E-state index is -1.33. The molecule has 0 spiro atoms. The Kier molecular flexibility index (Phi) is 5.83. The van der Waals surface area contributed by atoms with Gasteiger partial charge in [0.1, 0.15) is 11.3 Å². The van der Waals surface area contributed by atoms with Gasteiger partial charge in [0.2, 0.25) is 0 Å². The zero-order valence-electron chi connectivity index (χ0n) is 11.7. The number of nitrogens with two attached hydrogens (primary N) is 1. The van der Waals surface area contributed by atoms with Crippen molar-refractivity contribution in [3.63, 3.8) is 0 Å². The zero-order chi connectivity index (χ0) is 14.3. The second-order valence-electron chi connectivity index (χ2n) is 4.76. The van der Waals surface area contributed by atoms with Gasteiger partial charge in [-0.15, -0.1) is 0 Å². The minimum absolute atomic E-state index is 0.404. The molecule has 1 atom stereocenters. The Balaban J connectivity index is 2.92. The molecular formula is C15H23NO3. The summed E-state index contributed by atoms with van der Waals surface area (Å²) in [5, 5.41) is 9.36. The van der Waals surface area contributed by atoms with Crippen molar-refractivity contribution in [2.75, 3.05) is 6.61 Å². The van der Waals surface area contributed by atoms with Crippen molar-refractivity contribution in [1.29, 1.82) is 0 Å². The van der Waals surface area contributed by atoms with Crippen LogP contribution in [0.3, 0.4) is 0 Å². The topological polar surface area (TPSA) is 72.5 Å². The summed E-state index contributed by atoms with van der Waals surface area (Å²) in [6.07, 6.45) is 3.15. The molecule has 0 heterocycles. The van der Waals surface area contributed by atoms with Crippen molar-refractivity contribution in [3.8, 4) is 5.75 Å². The number of hydrogen-bond donors (Lipinski definition) is 2. The van der Waals surface area contributed by atoms with Crippen molar-refractivity contribution in [1.82, 2.24) is 0 Å². The average molecular weight is 265 g/mol. The number of aliphatic carboxylic acids is 1. The number of carboxylic acid groups (broad SMARTS) is 1. The van der Waals surface area contributed by atoms with E-state index in [0.717, 1.165) is 12.8 Å². The van der Waals surface area contributed by atoms with Crippen molar-refractivity contribution >= 4 is 5.97 Å². The Morgan fingerprint density at radius 1 is 1.37 bits per heavy atom. The van der Waals surface area contributed by atoms with E-state index in [-0.39, 0.29) is 0 Å². The molecule has 0 radical (unpaired) electrons. The third-order valence-corrected chi connectivity index (χ3v) is 3.14. The highest BCUT2D eigenvalue weighted by molar-refractivity contribution is 5.80. The van der Waals surface area contributed by atoms with E-state index >= 15 is 0 Å². The maximum absolute atomic E-state index is 11.4. The van der Waals surface area contributed by atoms with E-state index in [0.29, 0.717) is 30.8 Å². The van der Waals surface area contributed by atoms with Gasteiger partial charge in [-0.1, -0.05) is 38.8 Å². The highest BCUT2D eigenvalue weighted by atomic mass is 16.5. The molecule has 1 aromatic rings. The quantitative estimate of drug-likeness (QED) is 0.709. The third kappa shape index (κ3) is 3.96. The summed E-state index contributed by atoms with van der Waals surface area (Å²) in [5.74, 6) is -0.321. The summed E-state index contributed by atoms with van der Waals surface area (Å²) in [4.78, 5) is 11.4. The van der Waals surface area contributed by atoms with Gasteiger partial charge in [0.15, 0.2) is 0 Å². The van der Waals surface area contributed by atoms with Crippen LogP contribution < -0.4 is 10.5 Å². The van der Waals surface area contributed by atoms with Crippen LogP contribution in [0.5, 0.6) is 5.75 Å². The summed E-state index contributed by atoms with van der Waals surface area (Å²) in [6, 6.07) is 7.10. The maximum Gasteiger partial charge on any atom is 0.328 e. The number of carboxylic acids is 1. The van der Waals surface area contributed by atoms with Gasteiger partial charge in [-0.05, 0) is 30.5 Å². The van der Waals surface area contributed by atoms with Gasteiger partial charge in [0.05, 0.1) is 6.61 Å². The molecule has 0 aliphatic rings. The van der Waals surface area contributed by atoms with Crippen molar-refractivity contribution in [2.45, 2.75) is 45.1 Å². The van der Waals surface area contributed by atoms with Crippen LogP contribution >= 0.6 is 0 Å². The molecule has 0 aromatic heterocycles. The molecule has 0 aliphatic heterocycles. The second-order valence-corrected chi connectivity index (χ2v) is 4.76. The third-order valence-electron chi connectivity index (χ3n) is 3.14. The lowest BCUT2D eigenvalue weighted by Gasteiger charge is -2.25. The first-order chi connectivity index (χ1) is 9.04. The van der Waals surface area contributed by atoms with E-state index in [1.54, 1.807) is 18.2 Å². The maximum atomic E-state index is 11.4. The van der Waals surface area contributed by atoms with Crippen molar-refractivity contribution < 1.29 is 14.6 Å². The number of benzene rings is 1. The zero-order valence-corrected chi connectivity index (χ0v) is 11.7. The van der Waals surface area contributed by atoms with Gasteiger partial charge in [0.25, 0.3) is 0 Å². The largest absolute Gasteiger partial charge is 0.494 e. The molecule has 4 nitrogen and oxygen atoms in total. The van der Waals surface area contributed by atoms with Crippen LogP contribution in [-0.4, -0.2) is 17.7 Å². The fraction of sp³-hybridized carbons (Fsp3) is 0.533. The number of hydrogen-bond acceptors (Lipinski definition) is 3. The SMILES string of the molecule is CCCCOc1cccc([C@](N)(CCC)C(=O)O)c1. The van der Waals surface area contributed by atoms with Crippen molar-refractivity contribution in [2.24, 2.45) is 5.73 Å². The fourth-order valence-corrected chi connectivity index (χ4v) is 1.97. The molecule has 1 aromatic carbocycles. The number of ether oxygens (including phenoxy) is 1. The summed E-state index contributed by atoms with van der Waals surface area (Å²) < 4.78 is 5.59. The van der Waals surface area contributed by atoms with Gasteiger partial charge < -0.3 is 15.6 Å². The monoisotopic (exact) mass is 265 g/mol. The summed E-state index contributed by atoms with van der Waals surface area (Å²) in [7, 11) is 0. The Hall–Kier alpha value is -1.55. The molecule has 0 saturated heterocycles. The molecule has 0 unspecified atom stereocenters. The number of unbranched alkanes of at least 4 members (excludes halogenated alkanes) is 1. The van der Waals surface area contributed by atoms with Crippen LogP contribution in [0.25, 0.3) is 0 Å². The Bertz CT molecular complexity index is 420. The van der Waals surface area contributed by atoms with Gasteiger partial charge in [0, 0.05) is 0 Å². The van der Waals surface area contributed by atoms with E-state index in [1.165, 1.54) is 0 Å². The van der Waals surface area contributed by atoms with Gasteiger partial charge in [-0.3, -0.25) is 0 Å². The first-order valence-electron chi connectivity index (χ1n) is 6.80. The molecule has 0 aliphatic carbocycles. The Morgan fingerprint density at radius 2 is 2.11 bits per heavy atom. The number of rotatable bonds is 8. The van der Waals surface area contributed by atoms with Crippen LogP contribution in [0.4, 0.5) is 0 Å². The summed E-state index contributed by atoms with van der Waals surface area (Å²) >= 11 is 0. The number of carbonyl (C=O) groups is 1. The van der Waals surface area contributed by atoms with Crippen LogP contribution in [0.15, 0.2) is 24.3 Å². The van der Waals surface area contributed by atoms with Gasteiger partial charge in [-0.2, -0.15) is 0 Å². The molecular weight excluding hydrogens is 242 g/mol. The fourth-order valence-electron chi connectivity index (χ4n) is 1.97. The predicted octanol–water partition coefficient (Wildman–Crippen LogP) is 2.90.